The van der Waals surface area contributed by atoms with Crippen molar-refractivity contribution in [2.75, 3.05) is 12.8 Å². The summed E-state index contributed by atoms with van der Waals surface area (Å²) < 4.78 is 0. The lowest BCUT2D eigenvalue weighted by atomic mass is 9.95. The predicted octanol–water partition coefficient (Wildman–Crippen LogP) is 3.85. The number of hydrogen-bond acceptors (Lipinski definition) is 3. The standard InChI is InChI=1S/C17H27N3OS/c1-4-22-16-9-5-8-15(11-16)19-17(21)20(3)13(2)14-7-6-10-18-12-14/h6-7,10,12-13,15-16H,4-5,8-9,11H2,1-3H3,(H,19,21)/t13-,15-,16-/m1/s1. The molecule has 2 amide bonds. The SMILES string of the molecule is CCS[C@@H]1CCC[C@@H](NC(=O)N(C)[C@H](C)c2cccnc2)C1. The smallest absolute Gasteiger partial charge is 0.317 e. The molecule has 0 bridgehead atoms. The van der Waals surface area contributed by atoms with Crippen molar-refractivity contribution in [2.45, 2.75) is 56.9 Å². The first-order chi connectivity index (χ1) is 10.6. The van der Waals surface area contributed by atoms with Gasteiger partial charge in [0.2, 0.25) is 0 Å². The van der Waals surface area contributed by atoms with Gasteiger partial charge in [-0.25, -0.2) is 4.79 Å². The minimum Gasteiger partial charge on any atom is -0.335 e. The topological polar surface area (TPSA) is 45.2 Å². The van der Waals surface area contributed by atoms with E-state index in [2.05, 4.69) is 17.2 Å². The van der Waals surface area contributed by atoms with Gasteiger partial charge in [0.1, 0.15) is 0 Å². The molecule has 5 heteroatoms. The van der Waals surface area contributed by atoms with E-state index in [1.165, 1.54) is 12.8 Å². The lowest BCUT2D eigenvalue weighted by molar-refractivity contribution is 0.187. The summed E-state index contributed by atoms with van der Waals surface area (Å²) in [6.45, 7) is 4.24. The molecule has 0 radical (unpaired) electrons. The van der Waals surface area contributed by atoms with Gasteiger partial charge < -0.3 is 10.2 Å². The third kappa shape index (κ3) is 4.63. The number of carbonyl (C=O) groups is 1. The number of nitrogens with one attached hydrogen (secondary N) is 1. The Balaban J connectivity index is 1.88. The number of rotatable bonds is 5. The minimum atomic E-state index is 0.0171. The Morgan fingerprint density at radius 2 is 2.36 bits per heavy atom. The van der Waals surface area contributed by atoms with Gasteiger partial charge in [-0.15, -0.1) is 0 Å². The van der Waals surface area contributed by atoms with Crippen LogP contribution in [0, 0.1) is 0 Å². The quantitative estimate of drug-likeness (QED) is 0.896. The molecule has 2 rings (SSSR count). The highest BCUT2D eigenvalue weighted by molar-refractivity contribution is 7.99. The molecular formula is C17H27N3OS. The maximum absolute atomic E-state index is 12.5. The normalized spacial score (nSPS) is 22.9. The number of thioether (sulfide) groups is 1. The van der Waals surface area contributed by atoms with E-state index in [0.29, 0.717) is 11.3 Å². The van der Waals surface area contributed by atoms with Gasteiger partial charge in [-0.05, 0) is 43.6 Å². The second-order valence-electron chi connectivity index (χ2n) is 5.96. The summed E-state index contributed by atoms with van der Waals surface area (Å²) >= 11 is 2.02. The van der Waals surface area contributed by atoms with Crippen molar-refractivity contribution >= 4 is 17.8 Å². The second-order valence-corrected chi connectivity index (χ2v) is 7.54. The number of amides is 2. The third-order valence-electron chi connectivity index (χ3n) is 4.42. The van der Waals surface area contributed by atoms with Gasteiger partial charge >= 0.3 is 6.03 Å². The van der Waals surface area contributed by atoms with Gasteiger partial charge in [0.25, 0.3) is 0 Å². The van der Waals surface area contributed by atoms with Crippen LogP contribution in [0.1, 0.15) is 51.1 Å². The fourth-order valence-electron chi connectivity index (χ4n) is 2.96. The molecule has 3 atom stereocenters. The van der Waals surface area contributed by atoms with Crippen LogP contribution in [0.15, 0.2) is 24.5 Å². The summed E-state index contributed by atoms with van der Waals surface area (Å²) in [7, 11) is 1.86. The molecule has 4 nitrogen and oxygen atoms in total. The second kappa shape index (κ2) is 8.42. The highest BCUT2D eigenvalue weighted by atomic mass is 32.2. The van der Waals surface area contributed by atoms with Crippen LogP contribution in [-0.4, -0.2) is 40.0 Å². The molecule has 0 saturated heterocycles. The molecule has 1 N–H and O–H groups in total. The van der Waals surface area contributed by atoms with E-state index in [-0.39, 0.29) is 12.1 Å². The molecule has 1 heterocycles. The zero-order valence-electron chi connectivity index (χ0n) is 13.8. The van der Waals surface area contributed by atoms with Gasteiger partial charge in [0, 0.05) is 30.7 Å². The molecule has 0 spiro atoms. The molecule has 122 valence electrons. The molecule has 0 unspecified atom stereocenters. The van der Waals surface area contributed by atoms with E-state index >= 15 is 0 Å². The van der Waals surface area contributed by atoms with Crippen LogP contribution in [0.25, 0.3) is 0 Å². The van der Waals surface area contributed by atoms with Crippen molar-refractivity contribution in [3.8, 4) is 0 Å². The number of aromatic nitrogens is 1. The Labute approximate surface area is 138 Å². The van der Waals surface area contributed by atoms with Crippen molar-refractivity contribution in [1.29, 1.82) is 0 Å². The van der Waals surface area contributed by atoms with E-state index in [1.54, 1.807) is 11.1 Å². The Morgan fingerprint density at radius 1 is 1.55 bits per heavy atom. The summed E-state index contributed by atoms with van der Waals surface area (Å²) in [5, 5.41) is 3.91. The maximum atomic E-state index is 12.5. The van der Waals surface area contributed by atoms with E-state index in [9.17, 15) is 4.79 Å². The van der Waals surface area contributed by atoms with Crippen LogP contribution in [0.3, 0.4) is 0 Å². The Morgan fingerprint density at radius 3 is 3.05 bits per heavy atom. The number of nitrogens with zero attached hydrogens (tertiary/aromatic N) is 2. The summed E-state index contributed by atoms with van der Waals surface area (Å²) in [4.78, 5) is 18.4. The van der Waals surface area contributed by atoms with Crippen LogP contribution in [0.2, 0.25) is 0 Å². The zero-order valence-corrected chi connectivity index (χ0v) is 14.6. The lowest BCUT2D eigenvalue weighted by Gasteiger charge is -2.32. The number of pyridine rings is 1. The zero-order chi connectivity index (χ0) is 15.9. The predicted molar refractivity (Wildman–Crippen MR) is 93.1 cm³/mol. The summed E-state index contributed by atoms with van der Waals surface area (Å²) in [6, 6.07) is 4.27. The summed E-state index contributed by atoms with van der Waals surface area (Å²) in [6.07, 6.45) is 8.27. The van der Waals surface area contributed by atoms with Gasteiger partial charge in [-0.2, -0.15) is 11.8 Å². The Kier molecular flexibility index (Phi) is 6.55. The molecule has 0 aromatic carbocycles. The van der Waals surface area contributed by atoms with Crippen molar-refractivity contribution in [3.63, 3.8) is 0 Å². The fourth-order valence-corrected chi connectivity index (χ4v) is 4.14. The molecule has 22 heavy (non-hydrogen) atoms. The first kappa shape index (κ1) is 17.1. The van der Waals surface area contributed by atoms with Crippen LogP contribution in [0.4, 0.5) is 4.79 Å². The molecule has 1 aromatic rings. The summed E-state index contributed by atoms with van der Waals surface area (Å²) in [5.41, 5.74) is 1.06. The van der Waals surface area contributed by atoms with Crippen molar-refractivity contribution < 1.29 is 4.79 Å². The lowest BCUT2D eigenvalue weighted by Crippen LogP contribution is -2.46. The van der Waals surface area contributed by atoms with Crippen molar-refractivity contribution in [1.82, 2.24) is 15.2 Å². The molecule has 1 aliphatic carbocycles. The van der Waals surface area contributed by atoms with Gasteiger partial charge in [-0.3, -0.25) is 4.98 Å². The fraction of sp³-hybridized carbons (Fsp3) is 0.647. The largest absolute Gasteiger partial charge is 0.335 e. The molecule has 1 aliphatic rings. The Bertz CT molecular complexity index is 466. The number of hydrogen-bond donors (Lipinski definition) is 1. The minimum absolute atomic E-state index is 0.0171. The first-order valence-corrected chi connectivity index (χ1v) is 9.21. The average Bonchev–Trinajstić information content (AvgIpc) is 2.55. The molecule has 1 fully saturated rings. The highest BCUT2D eigenvalue weighted by Crippen LogP contribution is 2.28. The number of carbonyl (C=O) groups excluding carboxylic acids is 1. The average molecular weight is 321 g/mol. The van der Waals surface area contributed by atoms with Crippen LogP contribution < -0.4 is 5.32 Å². The van der Waals surface area contributed by atoms with Crippen LogP contribution in [0.5, 0.6) is 0 Å². The molecule has 1 aromatic heterocycles. The van der Waals surface area contributed by atoms with E-state index in [1.807, 2.05) is 44.1 Å². The Hall–Kier alpha value is -1.23. The molecule has 1 saturated carbocycles. The highest BCUT2D eigenvalue weighted by Gasteiger charge is 2.25. The first-order valence-electron chi connectivity index (χ1n) is 8.16. The molecular weight excluding hydrogens is 294 g/mol. The van der Waals surface area contributed by atoms with Gasteiger partial charge in [0.05, 0.1) is 6.04 Å². The third-order valence-corrected chi connectivity index (χ3v) is 5.66. The van der Waals surface area contributed by atoms with Gasteiger partial charge in [-0.1, -0.05) is 19.4 Å². The summed E-state index contributed by atoms with van der Waals surface area (Å²) in [5.74, 6) is 1.16. The van der Waals surface area contributed by atoms with E-state index in [4.69, 9.17) is 0 Å². The molecule has 0 aliphatic heterocycles. The monoisotopic (exact) mass is 321 g/mol. The van der Waals surface area contributed by atoms with Crippen LogP contribution >= 0.6 is 11.8 Å². The van der Waals surface area contributed by atoms with Crippen molar-refractivity contribution in [2.24, 2.45) is 0 Å². The maximum Gasteiger partial charge on any atom is 0.317 e. The van der Waals surface area contributed by atoms with Gasteiger partial charge in [0.15, 0.2) is 0 Å². The van der Waals surface area contributed by atoms with E-state index < -0.39 is 0 Å². The van der Waals surface area contributed by atoms with Crippen molar-refractivity contribution in [3.05, 3.63) is 30.1 Å². The number of urea groups is 1. The van der Waals surface area contributed by atoms with Crippen LogP contribution in [-0.2, 0) is 0 Å². The van der Waals surface area contributed by atoms with E-state index in [0.717, 1.165) is 24.2 Å².